The lowest BCUT2D eigenvalue weighted by molar-refractivity contribution is 0.0924. The fourth-order valence-corrected chi connectivity index (χ4v) is 4.79. The molecule has 0 saturated carbocycles. The number of hydrogen-bond acceptors (Lipinski definition) is 7. The van der Waals surface area contributed by atoms with E-state index in [4.69, 9.17) is 27.9 Å². The average molecular weight is 557 g/mol. The van der Waals surface area contributed by atoms with Gasteiger partial charge in [-0.15, -0.1) is 11.3 Å². The molecule has 0 bridgehead atoms. The predicted octanol–water partition coefficient (Wildman–Crippen LogP) is 3.48. The third kappa shape index (κ3) is 7.15. The topological polar surface area (TPSA) is 128 Å². The summed E-state index contributed by atoms with van der Waals surface area (Å²) in [4.78, 5) is 39.1. The Hall–Kier alpha value is -2.70. The molecule has 1 aromatic heterocycles. The lowest BCUT2D eigenvalue weighted by Gasteiger charge is -2.24. The highest BCUT2D eigenvalue weighted by molar-refractivity contribution is 7.83. The Balaban J connectivity index is 1.57. The number of rotatable bonds is 9. The van der Waals surface area contributed by atoms with E-state index in [1.807, 2.05) is 0 Å². The Morgan fingerprint density at radius 1 is 1.17 bits per heavy atom. The SMILES string of the molecule is C=CCOC(=O)N1CC(S(=O)[O-])=C[C@H]1CNC(=O)c1ccc(C(=O)NCc2ccc(Cl)c(Cl)c2)s1. The van der Waals surface area contributed by atoms with E-state index >= 15 is 0 Å². The van der Waals surface area contributed by atoms with Gasteiger partial charge in [-0.25, -0.2) is 4.79 Å². The lowest BCUT2D eigenvalue weighted by atomic mass is 10.2. The van der Waals surface area contributed by atoms with E-state index in [0.29, 0.717) is 14.9 Å². The summed E-state index contributed by atoms with van der Waals surface area (Å²) >= 11 is 10.4. The molecule has 1 aliphatic rings. The van der Waals surface area contributed by atoms with Crippen LogP contribution in [0.2, 0.25) is 10.0 Å². The van der Waals surface area contributed by atoms with Crippen molar-refractivity contribution in [2.24, 2.45) is 0 Å². The maximum atomic E-state index is 12.6. The van der Waals surface area contributed by atoms with Crippen LogP contribution in [0.1, 0.15) is 24.9 Å². The van der Waals surface area contributed by atoms with Crippen molar-refractivity contribution < 1.29 is 27.9 Å². The second-order valence-corrected chi connectivity index (χ2v) is 10.1. The number of amides is 3. The average Bonchev–Trinajstić information content (AvgIpc) is 3.49. The van der Waals surface area contributed by atoms with Gasteiger partial charge >= 0.3 is 6.09 Å². The van der Waals surface area contributed by atoms with Crippen molar-refractivity contribution in [2.75, 3.05) is 19.7 Å². The lowest BCUT2D eigenvalue weighted by Crippen LogP contribution is -2.43. The van der Waals surface area contributed by atoms with Gasteiger partial charge < -0.3 is 19.9 Å². The number of carbonyl (C=O) groups is 3. The number of halogens is 2. The highest BCUT2D eigenvalue weighted by atomic mass is 35.5. The number of thiophene rings is 1. The van der Waals surface area contributed by atoms with Crippen molar-refractivity contribution in [3.63, 3.8) is 0 Å². The van der Waals surface area contributed by atoms with E-state index < -0.39 is 29.1 Å². The molecule has 2 N–H and O–H groups in total. The summed E-state index contributed by atoms with van der Waals surface area (Å²) < 4.78 is 27.7. The first-order valence-electron chi connectivity index (χ1n) is 10.1. The standard InChI is InChI=1S/C22H21Cl2N3O6S2/c1-2-7-33-22(30)27-12-15(35(31)32)9-14(27)11-26-21(29)19-6-5-18(34-19)20(28)25-10-13-3-4-16(23)17(24)8-13/h2-6,8-9,14H,1,7,10-12H2,(H,25,28)(H,26,29)(H,31,32)/p-1/t14-/m0/s1. The Morgan fingerprint density at radius 3 is 2.49 bits per heavy atom. The molecule has 0 radical (unpaired) electrons. The molecule has 0 aliphatic carbocycles. The molecule has 0 saturated heterocycles. The summed E-state index contributed by atoms with van der Waals surface area (Å²) in [5.41, 5.74) is 0.765. The van der Waals surface area contributed by atoms with Crippen LogP contribution in [0, 0.1) is 0 Å². The molecule has 186 valence electrons. The van der Waals surface area contributed by atoms with Crippen LogP contribution in [0.3, 0.4) is 0 Å². The van der Waals surface area contributed by atoms with Crippen molar-refractivity contribution >= 4 is 63.5 Å². The van der Waals surface area contributed by atoms with Gasteiger partial charge in [0.25, 0.3) is 11.8 Å². The molecule has 2 heterocycles. The number of carbonyl (C=O) groups excluding carboxylic acids is 3. The van der Waals surface area contributed by atoms with E-state index in [1.165, 1.54) is 29.2 Å². The fraction of sp³-hybridized carbons (Fsp3) is 0.227. The molecule has 2 atom stereocenters. The van der Waals surface area contributed by atoms with E-state index in [1.54, 1.807) is 18.2 Å². The van der Waals surface area contributed by atoms with Crippen LogP contribution in [0.5, 0.6) is 0 Å². The molecule has 13 heteroatoms. The summed E-state index contributed by atoms with van der Waals surface area (Å²) in [7, 11) is 0. The minimum absolute atomic E-state index is 0.0249. The monoisotopic (exact) mass is 556 g/mol. The molecule has 1 aliphatic heterocycles. The van der Waals surface area contributed by atoms with Crippen LogP contribution < -0.4 is 10.6 Å². The normalized spacial score (nSPS) is 15.8. The number of hydrogen-bond donors (Lipinski definition) is 2. The Labute approximate surface area is 218 Å². The molecular formula is C22H20Cl2N3O6S2-. The first kappa shape index (κ1) is 26.9. The highest BCUT2D eigenvalue weighted by Crippen LogP contribution is 2.23. The van der Waals surface area contributed by atoms with Gasteiger partial charge in [0.1, 0.15) is 6.61 Å². The van der Waals surface area contributed by atoms with Crippen molar-refractivity contribution in [3.05, 3.63) is 79.3 Å². The number of ether oxygens (including phenoxy) is 1. The van der Waals surface area contributed by atoms with Gasteiger partial charge in [0, 0.05) is 18.0 Å². The molecule has 3 amide bonds. The summed E-state index contributed by atoms with van der Waals surface area (Å²) in [6.07, 6.45) is 2.05. The van der Waals surface area contributed by atoms with Crippen LogP contribution in [0.25, 0.3) is 0 Å². The predicted molar refractivity (Wildman–Crippen MR) is 133 cm³/mol. The molecule has 1 unspecified atom stereocenters. The van der Waals surface area contributed by atoms with Crippen molar-refractivity contribution in [1.29, 1.82) is 0 Å². The zero-order valence-electron chi connectivity index (χ0n) is 18.1. The molecule has 3 rings (SSSR count). The van der Waals surface area contributed by atoms with E-state index in [2.05, 4.69) is 17.2 Å². The summed E-state index contributed by atoms with van der Waals surface area (Å²) in [6, 6.07) is 7.35. The smallest absolute Gasteiger partial charge is 0.410 e. The second-order valence-electron chi connectivity index (χ2n) is 7.23. The minimum atomic E-state index is -2.50. The van der Waals surface area contributed by atoms with Crippen LogP contribution >= 0.6 is 34.5 Å². The summed E-state index contributed by atoms with van der Waals surface area (Å²) in [5, 5.41) is 6.20. The summed E-state index contributed by atoms with van der Waals surface area (Å²) in [6.45, 7) is 3.45. The largest absolute Gasteiger partial charge is 0.769 e. The second kappa shape index (κ2) is 12.3. The molecule has 0 spiro atoms. The van der Waals surface area contributed by atoms with Crippen molar-refractivity contribution in [2.45, 2.75) is 12.6 Å². The molecule has 0 fully saturated rings. The van der Waals surface area contributed by atoms with Gasteiger partial charge in [0.05, 0.1) is 32.4 Å². The fourth-order valence-electron chi connectivity index (χ4n) is 3.12. The molecule has 2 aromatic rings. The van der Waals surface area contributed by atoms with Gasteiger partial charge in [-0.3, -0.25) is 18.7 Å². The molecule has 1 aromatic carbocycles. The summed E-state index contributed by atoms with van der Waals surface area (Å²) in [5.74, 6) is -0.833. The third-order valence-electron chi connectivity index (χ3n) is 4.84. The van der Waals surface area contributed by atoms with Gasteiger partial charge in [0.2, 0.25) is 0 Å². The maximum Gasteiger partial charge on any atom is 0.410 e. The van der Waals surface area contributed by atoms with Crippen LogP contribution in [-0.2, 0) is 22.4 Å². The first-order chi connectivity index (χ1) is 16.7. The van der Waals surface area contributed by atoms with E-state index in [-0.39, 0.29) is 41.9 Å². The van der Waals surface area contributed by atoms with Gasteiger partial charge in [-0.1, -0.05) is 41.9 Å². The Bertz CT molecular complexity index is 1200. The van der Waals surface area contributed by atoms with E-state index in [9.17, 15) is 23.1 Å². The van der Waals surface area contributed by atoms with Crippen molar-refractivity contribution in [3.8, 4) is 0 Å². The van der Waals surface area contributed by atoms with Gasteiger partial charge in [-0.2, -0.15) is 0 Å². The van der Waals surface area contributed by atoms with Gasteiger partial charge in [0.15, 0.2) is 0 Å². The first-order valence-corrected chi connectivity index (χ1v) is 12.8. The maximum absolute atomic E-state index is 12.6. The van der Waals surface area contributed by atoms with Crippen LogP contribution in [0.15, 0.2) is 54.0 Å². The quantitative estimate of drug-likeness (QED) is 0.359. The molecule has 9 nitrogen and oxygen atoms in total. The number of benzene rings is 1. The third-order valence-corrected chi connectivity index (χ3v) is 7.36. The number of nitrogens with zero attached hydrogens (tertiary/aromatic N) is 1. The van der Waals surface area contributed by atoms with Crippen molar-refractivity contribution in [1.82, 2.24) is 15.5 Å². The Kier molecular flexibility index (Phi) is 9.47. The van der Waals surface area contributed by atoms with Gasteiger partial charge in [-0.05, 0) is 47.0 Å². The molecular weight excluding hydrogens is 537 g/mol. The van der Waals surface area contributed by atoms with E-state index in [0.717, 1.165) is 16.9 Å². The number of nitrogens with one attached hydrogen (secondary N) is 2. The van der Waals surface area contributed by atoms with Crippen LogP contribution in [-0.4, -0.2) is 57.3 Å². The molecule has 35 heavy (non-hydrogen) atoms. The zero-order chi connectivity index (χ0) is 25.5. The Morgan fingerprint density at radius 2 is 1.86 bits per heavy atom. The zero-order valence-corrected chi connectivity index (χ0v) is 21.3. The van der Waals surface area contributed by atoms with Crippen LogP contribution in [0.4, 0.5) is 4.79 Å². The highest BCUT2D eigenvalue weighted by Gasteiger charge is 2.31. The minimum Gasteiger partial charge on any atom is -0.769 e.